The molecule has 0 fully saturated rings. The number of thiophene rings is 1. The zero-order valence-electron chi connectivity index (χ0n) is 15.3. The maximum Gasteiger partial charge on any atom is 0.279 e. The molecule has 3 rings (SSSR count). The number of hydrogen-bond acceptors (Lipinski definition) is 4. The molecule has 5 nitrogen and oxygen atoms in total. The fourth-order valence-corrected chi connectivity index (χ4v) is 5.19. The maximum atomic E-state index is 13.9. The summed E-state index contributed by atoms with van der Waals surface area (Å²) in [5.74, 6) is -0.516. The summed E-state index contributed by atoms with van der Waals surface area (Å²) in [6.45, 7) is 3.92. The average Bonchev–Trinajstić information content (AvgIpc) is 3.10. The number of hydrogen-bond donors (Lipinski definition) is 1. The van der Waals surface area contributed by atoms with Gasteiger partial charge in [0.2, 0.25) is 0 Å². The van der Waals surface area contributed by atoms with Crippen molar-refractivity contribution in [3.63, 3.8) is 0 Å². The zero-order chi connectivity index (χ0) is 19.6. The SMILES string of the molecule is CC(CNS(=O)(=O)N(C)Cc1c(F)cccc1Cl)N1CCc2sccc2C1. The van der Waals surface area contributed by atoms with Gasteiger partial charge in [0.05, 0.1) is 0 Å². The van der Waals surface area contributed by atoms with Gasteiger partial charge >= 0.3 is 0 Å². The summed E-state index contributed by atoms with van der Waals surface area (Å²) in [4.78, 5) is 3.69. The third-order valence-electron chi connectivity index (χ3n) is 4.87. The van der Waals surface area contributed by atoms with E-state index in [-0.39, 0.29) is 29.7 Å². The molecule has 9 heteroatoms. The molecule has 2 heterocycles. The van der Waals surface area contributed by atoms with Crippen molar-refractivity contribution in [2.24, 2.45) is 0 Å². The molecule has 2 aromatic rings. The Bertz CT molecular complexity index is 884. The Hall–Kier alpha value is -1.03. The van der Waals surface area contributed by atoms with Crippen molar-refractivity contribution in [2.75, 3.05) is 20.1 Å². The lowest BCUT2D eigenvalue weighted by molar-refractivity contribution is 0.193. The molecule has 1 aliphatic heterocycles. The number of fused-ring (bicyclic) bond motifs is 1. The number of nitrogens with zero attached hydrogens (tertiary/aromatic N) is 2. The molecular formula is C18H23ClFN3O2S2. The van der Waals surface area contributed by atoms with Crippen LogP contribution in [0.25, 0.3) is 0 Å². The number of halogens is 2. The first-order chi connectivity index (χ1) is 12.8. The van der Waals surface area contributed by atoms with Crippen LogP contribution in [0.2, 0.25) is 5.02 Å². The summed E-state index contributed by atoms with van der Waals surface area (Å²) < 4.78 is 42.7. The summed E-state index contributed by atoms with van der Waals surface area (Å²) in [7, 11) is -2.33. The first-order valence-corrected chi connectivity index (χ1v) is 11.4. The molecular weight excluding hydrogens is 409 g/mol. The van der Waals surface area contributed by atoms with Gasteiger partial charge in [-0.1, -0.05) is 17.7 Å². The smallest absolute Gasteiger partial charge is 0.279 e. The minimum atomic E-state index is -3.74. The Balaban J connectivity index is 1.58. The molecule has 0 saturated carbocycles. The van der Waals surface area contributed by atoms with E-state index in [2.05, 4.69) is 21.1 Å². The van der Waals surface area contributed by atoms with Gasteiger partial charge in [0.25, 0.3) is 10.2 Å². The largest absolute Gasteiger partial charge is 0.295 e. The molecule has 0 spiro atoms. The summed E-state index contributed by atoms with van der Waals surface area (Å²) in [6.07, 6.45) is 0.996. The van der Waals surface area contributed by atoms with Gasteiger partial charge in [0, 0.05) is 54.7 Å². The van der Waals surface area contributed by atoms with E-state index >= 15 is 0 Å². The topological polar surface area (TPSA) is 52.7 Å². The van der Waals surface area contributed by atoms with Crippen LogP contribution >= 0.6 is 22.9 Å². The molecule has 0 radical (unpaired) electrons. The van der Waals surface area contributed by atoms with Gasteiger partial charge < -0.3 is 0 Å². The van der Waals surface area contributed by atoms with Crippen LogP contribution in [0.3, 0.4) is 0 Å². The van der Waals surface area contributed by atoms with E-state index in [1.807, 2.05) is 6.92 Å². The Morgan fingerprint density at radius 2 is 2.19 bits per heavy atom. The highest BCUT2D eigenvalue weighted by Crippen LogP contribution is 2.25. The molecule has 0 aliphatic carbocycles. The molecule has 148 valence electrons. The van der Waals surface area contributed by atoms with Gasteiger partial charge in [-0.15, -0.1) is 11.3 Å². The van der Waals surface area contributed by atoms with Crippen LogP contribution < -0.4 is 4.72 Å². The van der Waals surface area contributed by atoms with Crippen LogP contribution in [0.4, 0.5) is 4.39 Å². The molecule has 1 aromatic heterocycles. The molecule has 0 bridgehead atoms. The van der Waals surface area contributed by atoms with Crippen molar-refractivity contribution in [1.82, 2.24) is 13.9 Å². The van der Waals surface area contributed by atoms with Crippen LogP contribution in [0.5, 0.6) is 0 Å². The number of benzene rings is 1. The first-order valence-electron chi connectivity index (χ1n) is 8.71. The minimum absolute atomic E-state index is 0.0540. The van der Waals surface area contributed by atoms with E-state index in [1.165, 1.54) is 29.6 Å². The first kappa shape index (κ1) is 20.7. The molecule has 1 aliphatic rings. The van der Waals surface area contributed by atoms with E-state index in [9.17, 15) is 12.8 Å². The lowest BCUT2D eigenvalue weighted by Crippen LogP contribution is -2.47. The lowest BCUT2D eigenvalue weighted by atomic mass is 10.1. The molecule has 1 N–H and O–H groups in total. The highest BCUT2D eigenvalue weighted by Gasteiger charge is 2.25. The van der Waals surface area contributed by atoms with Crippen LogP contribution in [0.15, 0.2) is 29.6 Å². The predicted octanol–water partition coefficient (Wildman–Crippen LogP) is 3.25. The summed E-state index contributed by atoms with van der Waals surface area (Å²) in [6, 6.07) is 6.50. The molecule has 0 amide bonds. The quantitative estimate of drug-likeness (QED) is 0.732. The predicted molar refractivity (Wildman–Crippen MR) is 108 cm³/mol. The second kappa shape index (κ2) is 8.55. The fourth-order valence-electron chi connectivity index (χ4n) is 3.10. The second-order valence-corrected chi connectivity index (χ2v) is 10.0. The Kier molecular flexibility index (Phi) is 6.55. The van der Waals surface area contributed by atoms with Crippen molar-refractivity contribution in [3.8, 4) is 0 Å². The molecule has 1 atom stereocenters. The van der Waals surface area contributed by atoms with Gasteiger partial charge in [0.15, 0.2) is 0 Å². The molecule has 27 heavy (non-hydrogen) atoms. The Morgan fingerprint density at radius 1 is 1.41 bits per heavy atom. The van der Waals surface area contributed by atoms with E-state index in [4.69, 9.17) is 11.6 Å². The summed E-state index contributed by atoms with van der Waals surface area (Å²) >= 11 is 7.77. The molecule has 1 aromatic carbocycles. The van der Waals surface area contributed by atoms with Gasteiger partial charge in [-0.3, -0.25) is 4.90 Å². The normalized spacial score (nSPS) is 16.5. The average molecular weight is 432 g/mol. The monoisotopic (exact) mass is 431 g/mol. The Morgan fingerprint density at radius 3 is 2.93 bits per heavy atom. The highest BCUT2D eigenvalue weighted by atomic mass is 35.5. The van der Waals surface area contributed by atoms with Crippen LogP contribution in [0.1, 0.15) is 22.9 Å². The van der Waals surface area contributed by atoms with E-state index in [0.717, 1.165) is 23.8 Å². The van der Waals surface area contributed by atoms with Gasteiger partial charge in [-0.05, 0) is 42.5 Å². The lowest BCUT2D eigenvalue weighted by Gasteiger charge is -2.32. The number of nitrogens with one attached hydrogen (secondary N) is 1. The molecule has 1 unspecified atom stereocenters. The highest BCUT2D eigenvalue weighted by molar-refractivity contribution is 7.87. The van der Waals surface area contributed by atoms with Gasteiger partial charge in [0.1, 0.15) is 5.82 Å². The summed E-state index contributed by atoms with van der Waals surface area (Å²) in [5, 5.41) is 2.31. The third kappa shape index (κ3) is 4.88. The Labute approximate surface area is 168 Å². The zero-order valence-corrected chi connectivity index (χ0v) is 17.7. The van der Waals surface area contributed by atoms with Crippen LogP contribution in [0, 0.1) is 5.82 Å². The fraction of sp³-hybridized carbons (Fsp3) is 0.444. The van der Waals surface area contributed by atoms with Gasteiger partial charge in [-0.25, -0.2) is 9.11 Å². The number of rotatable bonds is 7. The van der Waals surface area contributed by atoms with Crippen LogP contribution in [-0.4, -0.2) is 43.8 Å². The van der Waals surface area contributed by atoms with Crippen molar-refractivity contribution in [2.45, 2.75) is 32.5 Å². The van der Waals surface area contributed by atoms with Gasteiger partial charge in [-0.2, -0.15) is 12.7 Å². The summed E-state index contributed by atoms with van der Waals surface area (Å²) in [5.41, 5.74) is 1.49. The molecule has 0 saturated heterocycles. The standard InChI is InChI=1S/C18H23ClFN3O2S2/c1-13(23-8-6-18-14(11-23)7-9-26-18)10-21-27(24,25)22(2)12-15-16(19)4-3-5-17(15)20/h3-5,7,9,13,21H,6,8,10-12H2,1-2H3. The van der Waals surface area contributed by atoms with E-state index in [0.29, 0.717) is 0 Å². The second-order valence-electron chi connectivity index (χ2n) is 6.75. The third-order valence-corrected chi connectivity index (χ3v) is 7.73. The van der Waals surface area contributed by atoms with Crippen LogP contribution in [-0.2, 0) is 29.7 Å². The van der Waals surface area contributed by atoms with Crippen molar-refractivity contribution < 1.29 is 12.8 Å². The maximum absolute atomic E-state index is 13.9. The minimum Gasteiger partial charge on any atom is -0.295 e. The van der Waals surface area contributed by atoms with Crippen molar-refractivity contribution in [3.05, 3.63) is 56.5 Å². The van der Waals surface area contributed by atoms with Crippen molar-refractivity contribution >= 4 is 33.1 Å². The van der Waals surface area contributed by atoms with E-state index in [1.54, 1.807) is 17.4 Å². The van der Waals surface area contributed by atoms with E-state index < -0.39 is 16.0 Å². The van der Waals surface area contributed by atoms with Crippen molar-refractivity contribution in [1.29, 1.82) is 0 Å².